The SMILES string of the molecule is c1ccc(C2CC(c3ccc4c5c([nH]c4c3)CCCC5)=NN2)cc1. The molecule has 1 aromatic heterocycles. The second-order valence-electron chi connectivity index (χ2n) is 6.90. The molecule has 0 spiro atoms. The van der Waals surface area contributed by atoms with Crippen molar-refractivity contribution in [1.29, 1.82) is 0 Å². The van der Waals surface area contributed by atoms with E-state index < -0.39 is 0 Å². The van der Waals surface area contributed by atoms with E-state index in [0.29, 0.717) is 0 Å². The predicted molar refractivity (Wildman–Crippen MR) is 98.4 cm³/mol. The molecule has 0 radical (unpaired) electrons. The van der Waals surface area contributed by atoms with Gasteiger partial charge in [0.25, 0.3) is 0 Å². The fourth-order valence-electron chi connectivity index (χ4n) is 4.09. The Balaban J connectivity index is 1.45. The third-order valence-electron chi connectivity index (χ3n) is 5.39. The summed E-state index contributed by atoms with van der Waals surface area (Å²) in [6, 6.07) is 17.6. The lowest BCUT2D eigenvalue weighted by Gasteiger charge is -2.10. The van der Waals surface area contributed by atoms with Gasteiger partial charge in [-0.15, -0.1) is 0 Å². The summed E-state index contributed by atoms with van der Waals surface area (Å²) in [7, 11) is 0. The van der Waals surface area contributed by atoms with Crippen LogP contribution in [0.3, 0.4) is 0 Å². The number of aryl methyl sites for hydroxylation is 2. The zero-order valence-corrected chi connectivity index (χ0v) is 13.7. The molecule has 2 aliphatic rings. The molecule has 2 heterocycles. The normalized spacial score (nSPS) is 19.8. The highest BCUT2D eigenvalue weighted by Gasteiger charge is 2.22. The van der Waals surface area contributed by atoms with E-state index in [0.717, 1.165) is 12.1 Å². The number of aromatic amines is 1. The summed E-state index contributed by atoms with van der Waals surface area (Å²) in [5.41, 5.74) is 11.2. The number of aromatic nitrogens is 1. The summed E-state index contributed by atoms with van der Waals surface area (Å²) < 4.78 is 0. The summed E-state index contributed by atoms with van der Waals surface area (Å²) >= 11 is 0. The summed E-state index contributed by atoms with van der Waals surface area (Å²) in [6.45, 7) is 0. The first-order valence-corrected chi connectivity index (χ1v) is 8.89. The second kappa shape index (κ2) is 5.52. The fourth-order valence-corrected chi connectivity index (χ4v) is 4.09. The molecule has 1 atom stereocenters. The average molecular weight is 315 g/mol. The molecule has 0 fully saturated rings. The van der Waals surface area contributed by atoms with Gasteiger partial charge < -0.3 is 10.4 Å². The van der Waals surface area contributed by atoms with Crippen LogP contribution in [0, 0.1) is 0 Å². The molecule has 0 bridgehead atoms. The van der Waals surface area contributed by atoms with Crippen molar-refractivity contribution in [2.24, 2.45) is 5.10 Å². The van der Waals surface area contributed by atoms with Gasteiger partial charge in [-0.3, -0.25) is 0 Å². The Morgan fingerprint density at radius 2 is 1.83 bits per heavy atom. The third-order valence-corrected chi connectivity index (χ3v) is 5.39. The summed E-state index contributed by atoms with van der Waals surface area (Å²) in [4.78, 5) is 3.65. The van der Waals surface area contributed by atoms with E-state index in [1.807, 2.05) is 0 Å². The number of hydrazone groups is 1. The maximum Gasteiger partial charge on any atom is 0.0745 e. The van der Waals surface area contributed by atoms with Crippen molar-refractivity contribution < 1.29 is 0 Å². The van der Waals surface area contributed by atoms with Gasteiger partial charge in [0, 0.05) is 23.0 Å². The highest BCUT2D eigenvalue weighted by Crippen LogP contribution is 2.31. The Labute approximate surface area is 141 Å². The molecule has 2 aromatic carbocycles. The summed E-state index contributed by atoms with van der Waals surface area (Å²) in [6.07, 6.45) is 5.97. The van der Waals surface area contributed by atoms with Crippen molar-refractivity contribution in [3.63, 3.8) is 0 Å². The standard InChI is InChI=1S/C21H21N3/c1-2-6-14(7-3-1)19-13-20(24-23-19)15-10-11-17-16-8-4-5-9-18(16)22-21(17)12-15/h1-3,6-7,10-12,19,22-23H,4-5,8-9,13H2. The number of hydrogen-bond acceptors (Lipinski definition) is 2. The molecule has 1 unspecified atom stereocenters. The molecular weight excluding hydrogens is 294 g/mol. The van der Waals surface area contributed by atoms with Gasteiger partial charge >= 0.3 is 0 Å². The van der Waals surface area contributed by atoms with E-state index in [1.165, 1.54) is 59.0 Å². The van der Waals surface area contributed by atoms with Crippen LogP contribution in [0.4, 0.5) is 0 Å². The Kier molecular flexibility index (Phi) is 3.18. The second-order valence-corrected chi connectivity index (χ2v) is 6.90. The minimum atomic E-state index is 0.286. The van der Waals surface area contributed by atoms with Gasteiger partial charge in [-0.2, -0.15) is 5.10 Å². The Morgan fingerprint density at radius 1 is 0.958 bits per heavy atom. The minimum absolute atomic E-state index is 0.286. The molecule has 2 N–H and O–H groups in total. The van der Waals surface area contributed by atoms with Crippen LogP contribution in [0.25, 0.3) is 10.9 Å². The van der Waals surface area contributed by atoms with Crippen molar-refractivity contribution in [3.8, 4) is 0 Å². The lowest BCUT2D eigenvalue weighted by atomic mass is 9.94. The molecule has 0 amide bonds. The molecule has 1 aliphatic heterocycles. The molecule has 0 saturated carbocycles. The number of nitrogens with zero attached hydrogens (tertiary/aromatic N) is 1. The number of rotatable bonds is 2. The molecule has 24 heavy (non-hydrogen) atoms. The molecule has 3 nitrogen and oxygen atoms in total. The van der Waals surface area contributed by atoms with Crippen LogP contribution in [-0.4, -0.2) is 10.7 Å². The maximum atomic E-state index is 4.61. The van der Waals surface area contributed by atoms with Gasteiger partial charge in [0.15, 0.2) is 0 Å². The third kappa shape index (κ3) is 2.23. The first kappa shape index (κ1) is 13.8. The zero-order chi connectivity index (χ0) is 15.9. The lowest BCUT2D eigenvalue weighted by Crippen LogP contribution is -2.09. The van der Waals surface area contributed by atoms with Gasteiger partial charge in [-0.25, -0.2) is 0 Å². The van der Waals surface area contributed by atoms with Crippen LogP contribution in [0.15, 0.2) is 53.6 Å². The number of hydrogen-bond donors (Lipinski definition) is 2. The number of nitrogens with one attached hydrogen (secondary N) is 2. The topological polar surface area (TPSA) is 40.2 Å². The van der Waals surface area contributed by atoms with Crippen LogP contribution in [0.2, 0.25) is 0 Å². The van der Waals surface area contributed by atoms with Crippen molar-refractivity contribution in [1.82, 2.24) is 10.4 Å². The van der Waals surface area contributed by atoms with Crippen molar-refractivity contribution in [2.45, 2.75) is 38.1 Å². The van der Waals surface area contributed by atoms with Gasteiger partial charge in [-0.05, 0) is 48.4 Å². The highest BCUT2D eigenvalue weighted by atomic mass is 15.3. The van der Waals surface area contributed by atoms with Crippen molar-refractivity contribution >= 4 is 16.6 Å². The molecule has 3 aromatic rings. The maximum absolute atomic E-state index is 4.61. The van der Waals surface area contributed by atoms with Crippen LogP contribution < -0.4 is 5.43 Å². The van der Waals surface area contributed by atoms with Gasteiger partial charge in [0.2, 0.25) is 0 Å². The smallest absolute Gasteiger partial charge is 0.0745 e. The largest absolute Gasteiger partial charge is 0.358 e. The van der Waals surface area contributed by atoms with Gasteiger partial charge in [0.1, 0.15) is 0 Å². The fraction of sp³-hybridized carbons (Fsp3) is 0.286. The molecule has 5 rings (SSSR count). The molecule has 0 saturated heterocycles. The Bertz CT molecular complexity index is 921. The van der Waals surface area contributed by atoms with Crippen molar-refractivity contribution in [3.05, 3.63) is 70.9 Å². The first-order valence-electron chi connectivity index (χ1n) is 8.89. The monoisotopic (exact) mass is 315 g/mol. The van der Waals surface area contributed by atoms with Crippen LogP contribution >= 0.6 is 0 Å². The predicted octanol–water partition coefficient (Wildman–Crippen LogP) is 4.49. The number of benzene rings is 2. The van der Waals surface area contributed by atoms with Crippen LogP contribution in [0.5, 0.6) is 0 Å². The molecule has 3 heteroatoms. The van der Waals surface area contributed by atoms with Gasteiger partial charge in [-0.1, -0.05) is 42.5 Å². The lowest BCUT2D eigenvalue weighted by molar-refractivity contribution is 0.620. The summed E-state index contributed by atoms with van der Waals surface area (Å²) in [5, 5.41) is 6.01. The van der Waals surface area contributed by atoms with E-state index in [2.05, 4.69) is 64.0 Å². The first-order chi connectivity index (χ1) is 11.9. The zero-order valence-electron chi connectivity index (χ0n) is 13.7. The average Bonchev–Trinajstić information content (AvgIpc) is 3.27. The van der Waals surface area contributed by atoms with E-state index in [-0.39, 0.29) is 6.04 Å². The van der Waals surface area contributed by atoms with Crippen molar-refractivity contribution in [2.75, 3.05) is 0 Å². The number of H-pyrrole nitrogens is 1. The number of fused-ring (bicyclic) bond motifs is 3. The molecular formula is C21H21N3. The summed E-state index contributed by atoms with van der Waals surface area (Å²) in [5.74, 6) is 0. The van der Waals surface area contributed by atoms with E-state index in [4.69, 9.17) is 0 Å². The quantitative estimate of drug-likeness (QED) is 0.719. The van der Waals surface area contributed by atoms with Crippen LogP contribution in [0.1, 0.15) is 47.7 Å². The van der Waals surface area contributed by atoms with E-state index >= 15 is 0 Å². The molecule has 1 aliphatic carbocycles. The van der Waals surface area contributed by atoms with E-state index in [9.17, 15) is 0 Å². The van der Waals surface area contributed by atoms with Crippen LogP contribution in [-0.2, 0) is 12.8 Å². The Morgan fingerprint density at radius 3 is 2.75 bits per heavy atom. The Hall–Kier alpha value is -2.55. The molecule has 120 valence electrons. The van der Waals surface area contributed by atoms with E-state index in [1.54, 1.807) is 0 Å². The highest BCUT2D eigenvalue weighted by molar-refractivity contribution is 6.04. The van der Waals surface area contributed by atoms with Gasteiger partial charge in [0.05, 0.1) is 11.8 Å². The minimum Gasteiger partial charge on any atom is -0.358 e.